The molecule has 2 atom stereocenters. The van der Waals surface area contributed by atoms with Crippen LogP contribution in [0.1, 0.15) is 61.8 Å². The Hall–Kier alpha value is -4.20. The van der Waals surface area contributed by atoms with E-state index in [-0.39, 0.29) is 24.1 Å². The van der Waals surface area contributed by atoms with Gasteiger partial charge >= 0.3 is 12.1 Å². The highest BCUT2D eigenvalue weighted by atomic mass is 16.6. The largest absolute Gasteiger partial charge is 0.492 e. The van der Waals surface area contributed by atoms with Crippen LogP contribution >= 0.6 is 0 Å². The van der Waals surface area contributed by atoms with Crippen LogP contribution in [0.15, 0.2) is 54.6 Å². The molecule has 8 nitrogen and oxygen atoms in total. The molecule has 5 rings (SSSR count). The summed E-state index contributed by atoms with van der Waals surface area (Å²) in [6.07, 6.45) is 0.710. The number of benzene rings is 3. The number of hydrogen-bond acceptors (Lipinski definition) is 7. The molecule has 0 spiro atoms. The molecule has 0 radical (unpaired) electrons. The number of esters is 1. The number of rotatable bonds is 8. The van der Waals surface area contributed by atoms with Gasteiger partial charge in [-0.2, -0.15) is 0 Å². The summed E-state index contributed by atoms with van der Waals surface area (Å²) >= 11 is 0. The highest BCUT2D eigenvalue weighted by Crippen LogP contribution is 2.39. The average Bonchev–Trinajstić information content (AvgIpc) is 3.58. The summed E-state index contributed by atoms with van der Waals surface area (Å²) in [5.41, 5.74) is 6.06. The van der Waals surface area contributed by atoms with Crippen LogP contribution in [0.3, 0.4) is 0 Å². The first-order valence-corrected chi connectivity index (χ1v) is 14.8. The second-order valence-corrected chi connectivity index (χ2v) is 12.4. The smallest absolute Gasteiger partial charge is 0.410 e. The molecular weight excluding hydrogens is 546 g/mol. The predicted molar refractivity (Wildman–Crippen MR) is 164 cm³/mol. The molecule has 0 saturated carbocycles. The molecule has 1 fully saturated rings. The third-order valence-corrected chi connectivity index (χ3v) is 7.73. The van der Waals surface area contributed by atoms with Crippen molar-refractivity contribution in [1.82, 2.24) is 4.90 Å². The van der Waals surface area contributed by atoms with E-state index in [0.717, 1.165) is 45.7 Å². The van der Waals surface area contributed by atoms with Gasteiger partial charge in [-0.1, -0.05) is 24.3 Å². The molecule has 0 bridgehead atoms. The van der Waals surface area contributed by atoms with Gasteiger partial charge in [0.25, 0.3) is 0 Å². The third-order valence-electron chi connectivity index (χ3n) is 7.73. The van der Waals surface area contributed by atoms with Crippen molar-refractivity contribution in [3.05, 3.63) is 76.9 Å². The van der Waals surface area contributed by atoms with Crippen molar-refractivity contribution in [1.29, 1.82) is 0 Å². The average molecular weight is 588 g/mol. The Morgan fingerprint density at radius 2 is 1.77 bits per heavy atom. The van der Waals surface area contributed by atoms with Gasteiger partial charge in [-0.05, 0) is 86.7 Å². The lowest BCUT2D eigenvalue weighted by atomic mass is 9.94. The maximum absolute atomic E-state index is 12.4. The van der Waals surface area contributed by atoms with Gasteiger partial charge < -0.3 is 28.6 Å². The van der Waals surface area contributed by atoms with E-state index < -0.39 is 5.60 Å². The van der Waals surface area contributed by atoms with E-state index in [2.05, 4.69) is 44.2 Å². The van der Waals surface area contributed by atoms with Crippen LogP contribution in [0.2, 0.25) is 0 Å². The summed E-state index contributed by atoms with van der Waals surface area (Å²) in [6, 6.07) is 18.3. The number of nitrogens with zero attached hydrogens (tertiary/aromatic N) is 1. The number of likely N-dealkylation sites (tertiary alicyclic amines) is 1. The monoisotopic (exact) mass is 587 g/mol. The van der Waals surface area contributed by atoms with Crippen molar-refractivity contribution >= 4 is 12.1 Å². The fourth-order valence-corrected chi connectivity index (χ4v) is 5.74. The van der Waals surface area contributed by atoms with Crippen molar-refractivity contribution in [2.75, 3.05) is 26.8 Å². The minimum Gasteiger partial charge on any atom is -0.492 e. The van der Waals surface area contributed by atoms with Crippen LogP contribution in [0.5, 0.6) is 17.2 Å². The number of amides is 1. The maximum Gasteiger partial charge on any atom is 0.410 e. The second-order valence-electron chi connectivity index (χ2n) is 12.4. The molecule has 228 valence electrons. The fourth-order valence-electron chi connectivity index (χ4n) is 5.74. The number of carbonyl (C=O) groups excluding carboxylic acids is 2. The highest BCUT2D eigenvalue weighted by Gasteiger charge is 2.31. The van der Waals surface area contributed by atoms with Crippen LogP contribution in [0.4, 0.5) is 4.79 Å². The second kappa shape index (κ2) is 12.6. The molecule has 3 aromatic rings. The SMILES string of the molecule is COC(=O)C[C@@H]1COc2cc(OCc3cccc(-c4c(C)cc(O[C@H]5CCN(C(=O)OC(C)(C)C)C5)cc4C)c3)ccc21. The molecule has 1 saturated heterocycles. The summed E-state index contributed by atoms with van der Waals surface area (Å²) in [5, 5.41) is 0. The first kappa shape index (κ1) is 30.3. The summed E-state index contributed by atoms with van der Waals surface area (Å²) in [7, 11) is 1.40. The van der Waals surface area contributed by atoms with E-state index >= 15 is 0 Å². The number of fused-ring (bicyclic) bond motifs is 1. The molecule has 0 N–H and O–H groups in total. The Bertz CT molecular complexity index is 1470. The minimum atomic E-state index is -0.516. The maximum atomic E-state index is 12.4. The molecule has 8 heteroatoms. The van der Waals surface area contributed by atoms with Crippen LogP contribution in [-0.4, -0.2) is 55.5 Å². The fraction of sp³-hybridized carbons (Fsp3) is 0.429. The molecule has 2 aliphatic heterocycles. The number of ether oxygens (including phenoxy) is 5. The van der Waals surface area contributed by atoms with Crippen molar-refractivity contribution in [3.8, 4) is 28.4 Å². The first-order chi connectivity index (χ1) is 20.5. The van der Waals surface area contributed by atoms with E-state index in [4.69, 9.17) is 23.7 Å². The van der Waals surface area contributed by atoms with Gasteiger partial charge in [-0.15, -0.1) is 0 Å². The van der Waals surface area contributed by atoms with Crippen LogP contribution in [-0.2, 0) is 20.9 Å². The van der Waals surface area contributed by atoms with E-state index in [1.807, 2.05) is 45.0 Å². The first-order valence-electron chi connectivity index (χ1n) is 14.8. The molecule has 0 unspecified atom stereocenters. The van der Waals surface area contributed by atoms with Crippen molar-refractivity contribution in [3.63, 3.8) is 0 Å². The number of aryl methyl sites for hydroxylation is 2. The third kappa shape index (κ3) is 7.42. The Morgan fingerprint density at radius 1 is 1.00 bits per heavy atom. The number of methoxy groups -OCH3 is 1. The molecule has 3 aromatic carbocycles. The quantitative estimate of drug-likeness (QED) is 0.263. The lowest BCUT2D eigenvalue weighted by Crippen LogP contribution is -2.36. The Kier molecular flexibility index (Phi) is 8.85. The van der Waals surface area contributed by atoms with E-state index in [9.17, 15) is 9.59 Å². The number of carbonyl (C=O) groups is 2. The zero-order valence-corrected chi connectivity index (χ0v) is 25.9. The zero-order valence-electron chi connectivity index (χ0n) is 25.9. The molecule has 2 heterocycles. The Morgan fingerprint density at radius 3 is 2.49 bits per heavy atom. The predicted octanol–water partition coefficient (Wildman–Crippen LogP) is 6.98. The summed E-state index contributed by atoms with van der Waals surface area (Å²) in [5.74, 6) is 2.04. The highest BCUT2D eigenvalue weighted by molar-refractivity contribution is 5.73. The Labute approximate surface area is 253 Å². The Balaban J connectivity index is 1.21. The van der Waals surface area contributed by atoms with Crippen LogP contribution in [0.25, 0.3) is 11.1 Å². The topological polar surface area (TPSA) is 83.5 Å². The van der Waals surface area contributed by atoms with Crippen LogP contribution < -0.4 is 14.2 Å². The van der Waals surface area contributed by atoms with E-state index in [1.54, 1.807) is 4.90 Å². The molecule has 0 aliphatic carbocycles. The van der Waals surface area contributed by atoms with Crippen molar-refractivity contribution in [2.24, 2.45) is 0 Å². The normalized spacial score (nSPS) is 17.7. The molecule has 2 aliphatic rings. The van der Waals surface area contributed by atoms with Gasteiger partial charge in [0.05, 0.1) is 26.7 Å². The van der Waals surface area contributed by atoms with E-state index in [1.165, 1.54) is 12.7 Å². The lowest BCUT2D eigenvalue weighted by molar-refractivity contribution is -0.141. The molecule has 43 heavy (non-hydrogen) atoms. The van der Waals surface area contributed by atoms with Gasteiger partial charge in [-0.25, -0.2) is 4.79 Å². The van der Waals surface area contributed by atoms with E-state index in [0.29, 0.717) is 38.5 Å². The standard InChI is InChI=1S/C35H41NO7/c1-22-14-29(42-28-12-13-36(19-28)34(38)43-35(3,4)5)15-23(2)33(22)25-9-7-8-24(16-25)20-40-27-10-11-30-26(17-32(37)39-6)21-41-31(30)18-27/h7-11,14-16,18,26,28H,12-13,17,19-21H2,1-6H3/t26-,28+/m1/s1. The summed E-state index contributed by atoms with van der Waals surface area (Å²) in [4.78, 5) is 25.9. The van der Waals surface area contributed by atoms with Crippen molar-refractivity contribution in [2.45, 2.75) is 71.7 Å². The zero-order chi connectivity index (χ0) is 30.7. The lowest BCUT2D eigenvalue weighted by Gasteiger charge is -2.24. The molecule has 0 aromatic heterocycles. The summed E-state index contributed by atoms with van der Waals surface area (Å²) < 4.78 is 28.6. The number of hydrogen-bond donors (Lipinski definition) is 0. The summed E-state index contributed by atoms with van der Waals surface area (Å²) in [6.45, 7) is 11.8. The minimum absolute atomic E-state index is 0.00143. The van der Waals surface area contributed by atoms with Gasteiger partial charge in [0.2, 0.25) is 0 Å². The van der Waals surface area contributed by atoms with Gasteiger partial charge in [0.15, 0.2) is 0 Å². The molecular formula is C35H41NO7. The van der Waals surface area contributed by atoms with Gasteiger partial charge in [0, 0.05) is 30.5 Å². The molecule has 1 amide bonds. The van der Waals surface area contributed by atoms with Gasteiger partial charge in [0.1, 0.15) is 35.6 Å². The van der Waals surface area contributed by atoms with Gasteiger partial charge in [-0.3, -0.25) is 4.79 Å². The van der Waals surface area contributed by atoms with Crippen molar-refractivity contribution < 1.29 is 33.3 Å². The van der Waals surface area contributed by atoms with Crippen LogP contribution in [0, 0.1) is 13.8 Å².